The van der Waals surface area contributed by atoms with Gasteiger partial charge in [0.15, 0.2) is 0 Å². The summed E-state index contributed by atoms with van der Waals surface area (Å²) in [5.74, 6) is -1.29. The Hall–Kier alpha value is -0.700. The monoisotopic (exact) mass is 320 g/mol. The van der Waals surface area contributed by atoms with Crippen LogP contribution in [-0.2, 0) is 19.7 Å². The number of methoxy groups -OCH3 is 1. The molecule has 1 aliphatic heterocycles. The highest BCUT2D eigenvalue weighted by Crippen LogP contribution is 2.40. The molecule has 2 aliphatic rings. The topological polar surface area (TPSA) is 95.9 Å². The molecule has 0 aromatic heterocycles. The molecule has 1 heterocycles. The fourth-order valence-electron chi connectivity index (χ4n) is 3.13. The van der Waals surface area contributed by atoms with Gasteiger partial charge in [-0.2, -0.15) is 17.4 Å². The van der Waals surface area contributed by atoms with Crippen molar-refractivity contribution in [2.24, 2.45) is 5.92 Å². The average Bonchev–Trinajstić information content (AvgIpc) is 2.37. The van der Waals surface area contributed by atoms with E-state index in [1.165, 1.54) is 11.4 Å². The van der Waals surface area contributed by atoms with Crippen molar-refractivity contribution < 1.29 is 23.1 Å². The molecule has 2 rings (SSSR count). The number of carboxylic acid groups (broad SMARTS) is 1. The minimum Gasteiger partial charge on any atom is -0.481 e. The summed E-state index contributed by atoms with van der Waals surface area (Å²) in [5.41, 5.74) is -0.685. The summed E-state index contributed by atoms with van der Waals surface area (Å²) in [4.78, 5) is 10.9. The van der Waals surface area contributed by atoms with E-state index in [9.17, 15) is 13.2 Å². The van der Waals surface area contributed by atoms with Gasteiger partial charge in [-0.3, -0.25) is 4.79 Å². The SMILES string of the molecule is COC1(CNS(=O)(=O)N2CCCCC2C)CC(C(=O)O)C1. The second-order valence-electron chi connectivity index (χ2n) is 6.11. The molecule has 21 heavy (non-hydrogen) atoms. The lowest BCUT2D eigenvalue weighted by Crippen LogP contribution is -2.57. The third-order valence-corrected chi connectivity index (χ3v) is 6.32. The summed E-state index contributed by atoms with van der Waals surface area (Å²) in [6.07, 6.45) is 3.49. The molecule has 2 N–H and O–H groups in total. The molecule has 0 radical (unpaired) electrons. The highest BCUT2D eigenvalue weighted by molar-refractivity contribution is 7.87. The first kappa shape index (κ1) is 16.7. The quantitative estimate of drug-likeness (QED) is 0.746. The number of carbonyl (C=O) groups is 1. The van der Waals surface area contributed by atoms with E-state index in [1.54, 1.807) is 0 Å². The molecule has 7 nitrogen and oxygen atoms in total. The maximum atomic E-state index is 12.4. The van der Waals surface area contributed by atoms with E-state index in [4.69, 9.17) is 9.84 Å². The smallest absolute Gasteiger partial charge is 0.306 e. The Morgan fingerprint density at radius 1 is 1.43 bits per heavy atom. The molecule has 1 aliphatic carbocycles. The second kappa shape index (κ2) is 6.20. The Labute approximate surface area is 125 Å². The lowest BCUT2D eigenvalue weighted by Gasteiger charge is -2.45. The van der Waals surface area contributed by atoms with Crippen LogP contribution in [0.25, 0.3) is 0 Å². The van der Waals surface area contributed by atoms with Crippen LogP contribution in [0.2, 0.25) is 0 Å². The minimum absolute atomic E-state index is 0.00269. The second-order valence-corrected chi connectivity index (χ2v) is 7.82. The molecule has 2 fully saturated rings. The van der Waals surface area contributed by atoms with Crippen LogP contribution in [0.3, 0.4) is 0 Å². The molecule has 8 heteroatoms. The van der Waals surface area contributed by atoms with Gasteiger partial charge in [0.05, 0.1) is 11.5 Å². The van der Waals surface area contributed by atoms with Crippen LogP contribution in [0, 0.1) is 5.92 Å². The van der Waals surface area contributed by atoms with Crippen molar-refractivity contribution in [1.82, 2.24) is 9.03 Å². The van der Waals surface area contributed by atoms with Gasteiger partial charge in [0.1, 0.15) is 0 Å². The molecule has 0 aromatic rings. The first-order chi connectivity index (χ1) is 9.80. The predicted molar refractivity (Wildman–Crippen MR) is 77.0 cm³/mol. The van der Waals surface area contributed by atoms with Crippen LogP contribution < -0.4 is 4.72 Å². The first-order valence-electron chi connectivity index (χ1n) is 7.34. The van der Waals surface area contributed by atoms with Gasteiger partial charge in [0.2, 0.25) is 0 Å². The van der Waals surface area contributed by atoms with Crippen LogP contribution in [0.1, 0.15) is 39.0 Å². The van der Waals surface area contributed by atoms with Gasteiger partial charge in [0.25, 0.3) is 10.2 Å². The van der Waals surface area contributed by atoms with Crippen molar-refractivity contribution >= 4 is 16.2 Å². The average molecular weight is 320 g/mol. The molecule has 0 amide bonds. The zero-order valence-electron chi connectivity index (χ0n) is 12.5. The molecule has 0 spiro atoms. The van der Waals surface area contributed by atoms with E-state index in [0.29, 0.717) is 19.4 Å². The molecular formula is C13H24N2O5S. The van der Waals surface area contributed by atoms with Gasteiger partial charge < -0.3 is 9.84 Å². The molecule has 1 saturated heterocycles. The van der Waals surface area contributed by atoms with E-state index >= 15 is 0 Å². The molecule has 122 valence electrons. The Morgan fingerprint density at radius 3 is 2.62 bits per heavy atom. The summed E-state index contributed by atoms with van der Waals surface area (Å²) in [7, 11) is -2.04. The van der Waals surface area contributed by atoms with Gasteiger partial charge >= 0.3 is 5.97 Å². The standard InChI is InChI=1S/C13H24N2O5S/c1-10-5-3-4-6-15(10)21(18,19)14-9-13(20-2)7-11(8-13)12(16)17/h10-11,14H,3-9H2,1-2H3,(H,16,17). The summed E-state index contributed by atoms with van der Waals surface area (Å²) in [5, 5.41) is 8.93. The maximum Gasteiger partial charge on any atom is 0.306 e. The van der Waals surface area contributed by atoms with E-state index in [0.717, 1.165) is 19.3 Å². The van der Waals surface area contributed by atoms with Crippen LogP contribution in [0.5, 0.6) is 0 Å². The van der Waals surface area contributed by atoms with Crippen molar-refractivity contribution in [2.45, 2.75) is 50.7 Å². The van der Waals surface area contributed by atoms with E-state index < -0.39 is 27.7 Å². The third-order valence-electron chi connectivity index (χ3n) is 4.65. The Kier molecular flexibility index (Phi) is 4.92. The van der Waals surface area contributed by atoms with Gasteiger partial charge in [-0.15, -0.1) is 0 Å². The van der Waals surface area contributed by atoms with Crippen molar-refractivity contribution in [3.63, 3.8) is 0 Å². The van der Waals surface area contributed by atoms with Crippen molar-refractivity contribution in [3.05, 3.63) is 0 Å². The van der Waals surface area contributed by atoms with E-state index in [2.05, 4.69) is 4.72 Å². The molecule has 1 atom stereocenters. The first-order valence-corrected chi connectivity index (χ1v) is 8.78. The summed E-state index contributed by atoms with van der Waals surface area (Å²) >= 11 is 0. The van der Waals surface area contributed by atoms with Crippen molar-refractivity contribution in [1.29, 1.82) is 0 Å². The normalized spacial score (nSPS) is 34.4. The molecule has 0 aromatic carbocycles. The zero-order valence-corrected chi connectivity index (χ0v) is 13.4. The Balaban J connectivity index is 1.93. The Morgan fingerprint density at radius 2 is 2.10 bits per heavy atom. The number of hydrogen-bond donors (Lipinski definition) is 2. The molecular weight excluding hydrogens is 296 g/mol. The summed E-state index contributed by atoms with van der Waals surface area (Å²) < 4.78 is 34.2. The number of ether oxygens (including phenoxy) is 1. The van der Waals surface area contributed by atoms with E-state index in [-0.39, 0.29) is 12.6 Å². The van der Waals surface area contributed by atoms with Gasteiger partial charge in [-0.25, -0.2) is 0 Å². The fourth-order valence-corrected chi connectivity index (χ4v) is 4.69. The van der Waals surface area contributed by atoms with Gasteiger partial charge in [-0.05, 0) is 32.6 Å². The fraction of sp³-hybridized carbons (Fsp3) is 0.923. The zero-order chi connectivity index (χ0) is 15.7. The summed E-state index contributed by atoms with van der Waals surface area (Å²) in [6.45, 7) is 2.57. The van der Waals surface area contributed by atoms with Crippen molar-refractivity contribution in [3.8, 4) is 0 Å². The summed E-state index contributed by atoms with van der Waals surface area (Å²) in [6, 6.07) is 0.00269. The lowest BCUT2D eigenvalue weighted by molar-refractivity contribution is -0.161. The van der Waals surface area contributed by atoms with E-state index in [1.807, 2.05) is 6.92 Å². The number of aliphatic carboxylic acids is 1. The number of hydrogen-bond acceptors (Lipinski definition) is 4. The van der Waals surface area contributed by atoms with Crippen LogP contribution >= 0.6 is 0 Å². The molecule has 0 bridgehead atoms. The minimum atomic E-state index is -3.53. The van der Waals surface area contributed by atoms with Crippen LogP contribution in [0.4, 0.5) is 0 Å². The van der Waals surface area contributed by atoms with Gasteiger partial charge in [-0.1, -0.05) is 6.42 Å². The number of nitrogens with one attached hydrogen (secondary N) is 1. The number of nitrogens with zero attached hydrogens (tertiary/aromatic N) is 1. The lowest BCUT2D eigenvalue weighted by atomic mass is 9.71. The Bertz CT molecular complexity index is 487. The number of piperidine rings is 1. The van der Waals surface area contributed by atoms with Crippen LogP contribution in [-0.4, -0.2) is 55.6 Å². The van der Waals surface area contributed by atoms with Crippen molar-refractivity contribution in [2.75, 3.05) is 20.2 Å². The molecule has 1 saturated carbocycles. The highest BCUT2D eigenvalue weighted by atomic mass is 32.2. The molecule has 1 unspecified atom stereocenters. The third kappa shape index (κ3) is 3.56. The number of rotatable bonds is 6. The highest BCUT2D eigenvalue weighted by Gasteiger charge is 2.48. The maximum absolute atomic E-state index is 12.4. The van der Waals surface area contributed by atoms with Crippen LogP contribution in [0.15, 0.2) is 0 Å². The predicted octanol–water partition coefficient (Wildman–Crippen LogP) is 0.575. The van der Waals surface area contributed by atoms with Gasteiger partial charge in [0, 0.05) is 26.2 Å². The largest absolute Gasteiger partial charge is 0.481 e. The number of carboxylic acids is 1.